The van der Waals surface area contributed by atoms with Gasteiger partial charge in [-0.25, -0.2) is 4.98 Å². The van der Waals surface area contributed by atoms with Crippen molar-refractivity contribution in [2.75, 3.05) is 6.54 Å². The number of nitrogens with two attached hydrogens (primary N) is 1. The number of nitrogens with one attached hydrogen (secondary N) is 1. The number of hydrogen-bond acceptors (Lipinski definition) is 2. The second-order valence-corrected chi connectivity index (χ2v) is 5.44. The van der Waals surface area contributed by atoms with Gasteiger partial charge in [0.25, 0.3) is 0 Å². The van der Waals surface area contributed by atoms with Crippen LogP contribution in [-0.2, 0) is 6.54 Å². The van der Waals surface area contributed by atoms with E-state index in [-0.39, 0.29) is 0 Å². The molecule has 0 aliphatic carbocycles. The second kappa shape index (κ2) is 8.56. The molecule has 1 rings (SSSR count). The number of rotatable bonds is 8. The van der Waals surface area contributed by atoms with Gasteiger partial charge < -0.3 is 15.6 Å². The monoisotopic (exact) mass is 265 g/mol. The first-order chi connectivity index (χ1) is 9.08. The fourth-order valence-corrected chi connectivity index (χ4v) is 1.91. The lowest BCUT2D eigenvalue weighted by atomic mass is 10.0. The van der Waals surface area contributed by atoms with Crippen molar-refractivity contribution in [1.82, 2.24) is 14.9 Å². The lowest BCUT2D eigenvalue weighted by molar-refractivity contribution is 0.493. The minimum Gasteiger partial charge on any atom is -0.370 e. The maximum atomic E-state index is 5.86. The van der Waals surface area contributed by atoms with Gasteiger partial charge in [-0.3, -0.25) is 4.99 Å². The fourth-order valence-electron chi connectivity index (χ4n) is 1.91. The Morgan fingerprint density at radius 3 is 2.79 bits per heavy atom. The van der Waals surface area contributed by atoms with Crippen LogP contribution in [0.25, 0.3) is 0 Å². The van der Waals surface area contributed by atoms with Gasteiger partial charge in [-0.2, -0.15) is 0 Å². The van der Waals surface area contributed by atoms with E-state index < -0.39 is 0 Å². The second-order valence-electron chi connectivity index (χ2n) is 5.44. The fraction of sp³-hybridized carbons (Fsp3) is 0.714. The molecule has 1 aromatic heterocycles. The van der Waals surface area contributed by atoms with E-state index in [1.54, 1.807) is 12.5 Å². The van der Waals surface area contributed by atoms with Gasteiger partial charge in [-0.15, -0.1) is 0 Å². The lowest BCUT2D eigenvalue weighted by Gasteiger charge is -2.15. The highest BCUT2D eigenvalue weighted by Gasteiger charge is 2.03. The molecule has 0 bridgehead atoms. The summed E-state index contributed by atoms with van der Waals surface area (Å²) >= 11 is 0. The Bertz CT molecular complexity index is 356. The molecular weight excluding hydrogens is 238 g/mol. The Labute approximate surface area is 116 Å². The van der Waals surface area contributed by atoms with E-state index in [4.69, 9.17) is 5.73 Å². The van der Waals surface area contributed by atoms with Crippen LogP contribution in [0.1, 0.15) is 40.0 Å². The van der Waals surface area contributed by atoms with Crippen LogP contribution in [0.15, 0.2) is 23.7 Å². The molecule has 5 heteroatoms. The minimum absolute atomic E-state index is 0.385. The summed E-state index contributed by atoms with van der Waals surface area (Å²) in [6, 6.07) is 0.385. The molecule has 19 heavy (non-hydrogen) atoms. The van der Waals surface area contributed by atoms with Crippen molar-refractivity contribution >= 4 is 5.96 Å². The maximum absolute atomic E-state index is 5.86. The summed E-state index contributed by atoms with van der Waals surface area (Å²) in [6.45, 7) is 8.14. The van der Waals surface area contributed by atoms with Crippen molar-refractivity contribution in [1.29, 1.82) is 0 Å². The zero-order valence-electron chi connectivity index (χ0n) is 12.3. The van der Waals surface area contributed by atoms with Crippen molar-refractivity contribution in [3.63, 3.8) is 0 Å². The van der Waals surface area contributed by atoms with Crippen LogP contribution in [0.5, 0.6) is 0 Å². The van der Waals surface area contributed by atoms with Crippen molar-refractivity contribution < 1.29 is 0 Å². The van der Waals surface area contributed by atoms with Crippen LogP contribution in [0.4, 0.5) is 0 Å². The van der Waals surface area contributed by atoms with E-state index in [1.807, 2.05) is 10.8 Å². The smallest absolute Gasteiger partial charge is 0.188 e. The number of hydrogen-bond donors (Lipinski definition) is 2. The number of aliphatic imine (C=N–C) groups is 1. The first kappa shape index (κ1) is 15.5. The topological polar surface area (TPSA) is 68.2 Å². The summed E-state index contributed by atoms with van der Waals surface area (Å²) in [5, 5.41) is 3.24. The standard InChI is InChI=1S/C14H27N5/c1-12(2)5-4-6-13(3)18-14(15)17-8-10-19-9-7-16-11-19/h7,9,11-13H,4-6,8,10H2,1-3H3,(H3,15,17,18). The Hall–Kier alpha value is -1.52. The minimum atomic E-state index is 0.385. The van der Waals surface area contributed by atoms with Gasteiger partial charge >= 0.3 is 0 Å². The molecule has 1 unspecified atom stereocenters. The normalized spacial score (nSPS) is 13.8. The van der Waals surface area contributed by atoms with E-state index in [1.165, 1.54) is 12.8 Å². The van der Waals surface area contributed by atoms with Crippen molar-refractivity contribution in [2.24, 2.45) is 16.6 Å². The highest BCUT2D eigenvalue weighted by Crippen LogP contribution is 2.07. The Balaban J connectivity index is 2.16. The molecule has 0 radical (unpaired) electrons. The molecule has 0 saturated heterocycles. The molecule has 3 N–H and O–H groups in total. The summed E-state index contributed by atoms with van der Waals surface area (Å²) in [6.07, 6.45) is 9.11. The van der Waals surface area contributed by atoms with Gasteiger partial charge in [0.1, 0.15) is 0 Å². The molecule has 1 aromatic rings. The summed E-state index contributed by atoms with van der Waals surface area (Å²) in [5.74, 6) is 1.31. The molecule has 1 heterocycles. The average Bonchev–Trinajstić information content (AvgIpc) is 2.81. The molecule has 0 spiro atoms. The van der Waals surface area contributed by atoms with E-state index in [0.29, 0.717) is 18.5 Å². The van der Waals surface area contributed by atoms with Crippen LogP contribution < -0.4 is 11.1 Å². The van der Waals surface area contributed by atoms with Crippen molar-refractivity contribution in [3.8, 4) is 0 Å². The molecule has 0 aromatic carbocycles. The molecule has 1 atom stereocenters. The predicted molar refractivity (Wildman–Crippen MR) is 80.0 cm³/mol. The lowest BCUT2D eigenvalue weighted by Crippen LogP contribution is -2.38. The predicted octanol–water partition coefficient (Wildman–Crippen LogP) is 2.00. The third-order valence-corrected chi connectivity index (χ3v) is 3.01. The first-order valence-corrected chi connectivity index (χ1v) is 7.10. The van der Waals surface area contributed by atoms with Gasteiger partial charge in [0, 0.05) is 25.0 Å². The zero-order chi connectivity index (χ0) is 14.1. The van der Waals surface area contributed by atoms with Crippen LogP contribution in [0.3, 0.4) is 0 Å². The van der Waals surface area contributed by atoms with Crippen LogP contribution in [0, 0.1) is 5.92 Å². The SMILES string of the molecule is CC(C)CCCC(C)NC(N)=NCCn1ccnc1. The summed E-state index contributed by atoms with van der Waals surface area (Å²) in [4.78, 5) is 8.30. The van der Waals surface area contributed by atoms with Crippen LogP contribution in [-0.4, -0.2) is 28.1 Å². The molecule has 0 fully saturated rings. The number of imidazole rings is 1. The maximum Gasteiger partial charge on any atom is 0.188 e. The Morgan fingerprint density at radius 1 is 1.37 bits per heavy atom. The summed E-state index contributed by atoms with van der Waals surface area (Å²) in [7, 11) is 0. The summed E-state index contributed by atoms with van der Waals surface area (Å²) < 4.78 is 1.99. The molecule has 5 nitrogen and oxygen atoms in total. The van der Waals surface area contributed by atoms with Crippen LogP contribution >= 0.6 is 0 Å². The highest BCUT2D eigenvalue weighted by atomic mass is 15.1. The van der Waals surface area contributed by atoms with Gasteiger partial charge in [-0.05, 0) is 19.3 Å². The summed E-state index contributed by atoms with van der Waals surface area (Å²) in [5.41, 5.74) is 5.86. The van der Waals surface area contributed by atoms with Gasteiger partial charge in [-0.1, -0.05) is 26.7 Å². The van der Waals surface area contributed by atoms with E-state index in [9.17, 15) is 0 Å². The number of nitrogens with zero attached hydrogens (tertiary/aromatic N) is 3. The van der Waals surface area contributed by atoms with Crippen molar-refractivity contribution in [3.05, 3.63) is 18.7 Å². The molecular formula is C14H27N5. The van der Waals surface area contributed by atoms with Crippen molar-refractivity contribution in [2.45, 2.75) is 52.6 Å². The quantitative estimate of drug-likeness (QED) is 0.558. The Morgan fingerprint density at radius 2 is 2.16 bits per heavy atom. The molecule has 0 aliphatic rings. The highest BCUT2D eigenvalue weighted by molar-refractivity contribution is 5.78. The van der Waals surface area contributed by atoms with E-state index in [2.05, 4.69) is 36.1 Å². The number of aromatic nitrogens is 2. The van der Waals surface area contributed by atoms with E-state index >= 15 is 0 Å². The first-order valence-electron chi connectivity index (χ1n) is 7.10. The molecule has 108 valence electrons. The third-order valence-electron chi connectivity index (χ3n) is 3.01. The average molecular weight is 265 g/mol. The Kier molecular flexibility index (Phi) is 7.00. The van der Waals surface area contributed by atoms with Gasteiger partial charge in [0.05, 0.1) is 12.9 Å². The van der Waals surface area contributed by atoms with E-state index in [0.717, 1.165) is 18.9 Å². The largest absolute Gasteiger partial charge is 0.370 e. The van der Waals surface area contributed by atoms with Gasteiger partial charge in [0.15, 0.2) is 5.96 Å². The van der Waals surface area contributed by atoms with Crippen LogP contribution in [0.2, 0.25) is 0 Å². The zero-order valence-corrected chi connectivity index (χ0v) is 12.3. The van der Waals surface area contributed by atoms with Gasteiger partial charge in [0.2, 0.25) is 0 Å². The third kappa shape index (κ3) is 7.49. The number of guanidine groups is 1. The molecule has 0 amide bonds. The molecule has 0 aliphatic heterocycles. The molecule has 0 saturated carbocycles.